The maximum Gasteiger partial charge on any atom is 0.0636 e. The van der Waals surface area contributed by atoms with Crippen molar-refractivity contribution in [3.05, 3.63) is 20.3 Å². The molecule has 0 spiro atoms. The van der Waals surface area contributed by atoms with Crippen molar-refractivity contribution in [3.63, 3.8) is 0 Å². The van der Waals surface area contributed by atoms with Crippen LogP contribution in [-0.2, 0) is 0 Å². The van der Waals surface area contributed by atoms with E-state index in [1.54, 1.807) is 11.3 Å². The highest BCUT2D eigenvalue weighted by Crippen LogP contribution is 2.31. The molecule has 0 saturated carbocycles. The minimum Gasteiger partial charge on any atom is -0.394 e. The van der Waals surface area contributed by atoms with Crippen LogP contribution in [0.1, 0.15) is 16.5 Å². The van der Waals surface area contributed by atoms with Crippen molar-refractivity contribution in [2.24, 2.45) is 5.73 Å². The lowest BCUT2D eigenvalue weighted by molar-refractivity contribution is 0.269. The normalized spacial score (nSPS) is 13.5. The summed E-state index contributed by atoms with van der Waals surface area (Å²) in [7, 11) is 0. The van der Waals surface area contributed by atoms with Crippen molar-refractivity contribution in [3.8, 4) is 0 Å². The first kappa shape index (κ1) is 9.19. The number of nitrogens with two attached hydrogens (primary N) is 1. The number of thiophene rings is 1. The summed E-state index contributed by atoms with van der Waals surface area (Å²) >= 11 is 4.99. The van der Waals surface area contributed by atoms with Crippen LogP contribution in [0.5, 0.6) is 0 Å². The standard InChI is InChI=1S/C7H10BrNOS/c1-4-3-11-7(6(4)8)5(9)2-10/h3,5,10H,2,9H2,1H3. The van der Waals surface area contributed by atoms with Crippen molar-refractivity contribution in [2.75, 3.05) is 6.61 Å². The molecule has 0 aliphatic carbocycles. The van der Waals surface area contributed by atoms with Gasteiger partial charge in [-0.3, -0.25) is 0 Å². The highest BCUT2D eigenvalue weighted by molar-refractivity contribution is 9.10. The van der Waals surface area contributed by atoms with Gasteiger partial charge in [0.1, 0.15) is 0 Å². The zero-order chi connectivity index (χ0) is 8.43. The molecule has 1 heterocycles. The van der Waals surface area contributed by atoms with Crippen LogP contribution < -0.4 is 5.73 Å². The van der Waals surface area contributed by atoms with Gasteiger partial charge in [0.05, 0.1) is 12.6 Å². The fourth-order valence-corrected chi connectivity index (χ4v) is 2.56. The number of halogens is 1. The first-order chi connectivity index (χ1) is 5.16. The van der Waals surface area contributed by atoms with E-state index in [0.29, 0.717) is 0 Å². The van der Waals surface area contributed by atoms with Crippen LogP contribution in [0.25, 0.3) is 0 Å². The van der Waals surface area contributed by atoms with E-state index in [4.69, 9.17) is 10.8 Å². The molecule has 0 bridgehead atoms. The van der Waals surface area contributed by atoms with Gasteiger partial charge in [0.25, 0.3) is 0 Å². The molecule has 0 saturated heterocycles. The SMILES string of the molecule is Cc1csc(C(N)CO)c1Br. The molecule has 0 amide bonds. The Balaban J connectivity index is 2.94. The average molecular weight is 236 g/mol. The first-order valence-corrected chi connectivity index (χ1v) is 4.94. The molecule has 1 aromatic rings. The lowest BCUT2D eigenvalue weighted by Gasteiger charge is -2.05. The van der Waals surface area contributed by atoms with Crippen LogP contribution in [0.3, 0.4) is 0 Å². The smallest absolute Gasteiger partial charge is 0.0636 e. The van der Waals surface area contributed by atoms with Crippen molar-refractivity contribution in [1.29, 1.82) is 0 Å². The van der Waals surface area contributed by atoms with Gasteiger partial charge in [0.2, 0.25) is 0 Å². The van der Waals surface area contributed by atoms with E-state index in [1.807, 2.05) is 12.3 Å². The Labute approximate surface area is 78.2 Å². The van der Waals surface area contributed by atoms with Crippen LogP contribution in [0.15, 0.2) is 9.85 Å². The van der Waals surface area contributed by atoms with Crippen LogP contribution in [0.2, 0.25) is 0 Å². The monoisotopic (exact) mass is 235 g/mol. The van der Waals surface area contributed by atoms with E-state index < -0.39 is 0 Å². The predicted octanol–water partition coefficient (Wildman–Crippen LogP) is 1.81. The van der Waals surface area contributed by atoms with E-state index in [0.717, 1.165) is 9.35 Å². The molecule has 0 fully saturated rings. The molecule has 1 atom stereocenters. The molecule has 0 aliphatic rings. The minimum atomic E-state index is -0.247. The lowest BCUT2D eigenvalue weighted by atomic mass is 10.2. The second kappa shape index (κ2) is 3.67. The summed E-state index contributed by atoms with van der Waals surface area (Å²) in [6.45, 7) is 2.01. The molecule has 1 unspecified atom stereocenters. The van der Waals surface area contributed by atoms with Crippen LogP contribution in [0.4, 0.5) is 0 Å². The summed E-state index contributed by atoms with van der Waals surface area (Å²) < 4.78 is 1.03. The second-order valence-electron chi connectivity index (χ2n) is 2.39. The lowest BCUT2D eigenvalue weighted by Crippen LogP contribution is -2.13. The van der Waals surface area contributed by atoms with Crippen molar-refractivity contribution < 1.29 is 5.11 Å². The molecular weight excluding hydrogens is 226 g/mol. The Kier molecular flexibility index (Phi) is 3.06. The van der Waals surface area contributed by atoms with Gasteiger partial charge < -0.3 is 10.8 Å². The first-order valence-electron chi connectivity index (χ1n) is 3.26. The topological polar surface area (TPSA) is 46.2 Å². The largest absolute Gasteiger partial charge is 0.394 e. The van der Waals surface area contributed by atoms with Crippen LogP contribution >= 0.6 is 27.3 Å². The van der Waals surface area contributed by atoms with Gasteiger partial charge in [-0.25, -0.2) is 0 Å². The van der Waals surface area contributed by atoms with E-state index >= 15 is 0 Å². The van der Waals surface area contributed by atoms with Crippen molar-refractivity contribution in [1.82, 2.24) is 0 Å². The summed E-state index contributed by atoms with van der Waals surface area (Å²) in [5.74, 6) is 0. The number of aliphatic hydroxyl groups excluding tert-OH is 1. The number of hydrogen-bond donors (Lipinski definition) is 2. The summed E-state index contributed by atoms with van der Waals surface area (Å²) in [6.07, 6.45) is 0. The third-order valence-electron chi connectivity index (χ3n) is 1.46. The number of aryl methyl sites for hydroxylation is 1. The molecule has 4 heteroatoms. The van der Waals surface area contributed by atoms with E-state index in [-0.39, 0.29) is 12.6 Å². The summed E-state index contributed by atoms with van der Waals surface area (Å²) in [4.78, 5) is 1.02. The Morgan fingerprint density at radius 2 is 2.45 bits per heavy atom. The third kappa shape index (κ3) is 1.82. The van der Waals surface area contributed by atoms with Gasteiger partial charge in [-0.05, 0) is 33.8 Å². The van der Waals surface area contributed by atoms with Gasteiger partial charge in [-0.1, -0.05) is 0 Å². The summed E-state index contributed by atoms with van der Waals surface area (Å²) in [5, 5.41) is 10.8. The molecule has 0 radical (unpaired) electrons. The maximum absolute atomic E-state index is 8.78. The zero-order valence-electron chi connectivity index (χ0n) is 6.17. The number of aliphatic hydroxyl groups is 1. The summed E-state index contributed by atoms with van der Waals surface area (Å²) in [6, 6.07) is -0.247. The highest BCUT2D eigenvalue weighted by atomic mass is 79.9. The molecule has 3 N–H and O–H groups in total. The van der Waals surface area contributed by atoms with E-state index in [1.165, 1.54) is 5.56 Å². The van der Waals surface area contributed by atoms with E-state index in [9.17, 15) is 0 Å². The van der Waals surface area contributed by atoms with Crippen molar-refractivity contribution in [2.45, 2.75) is 13.0 Å². The van der Waals surface area contributed by atoms with Crippen LogP contribution in [-0.4, -0.2) is 11.7 Å². The molecule has 1 aromatic heterocycles. The Morgan fingerprint density at radius 3 is 2.82 bits per heavy atom. The zero-order valence-corrected chi connectivity index (χ0v) is 8.58. The molecule has 62 valence electrons. The molecule has 2 nitrogen and oxygen atoms in total. The maximum atomic E-state index is 8.78. The minimum absolute atomic E-state index is 0.00144. The highest BCUT2D eigenvalue weighted by Gasteiger charge is 2.11. The molecular formula is C7H10BrNOS. The summed E-state index contributed by atoms with van der Waals surface area (Å²) in [5.41, 5.74) is 6.81. The second-order valence-corrected chi connectivity index (χ2v) is 4.09. The molecule has 11 heavy (non-hydrogen) atoms. The Morgan fingerprint density at radius 1 is 1.82 bits per heavy atom. The Bertz CT molecular complexity index is 249. The van der Waals surface area contributed by atoms with Gasteiger partial charge in [0, 0.05) is 9.35 Å². The average Bonchev–Trinajstić information content (AvgIpc) is 2.32. The van der Waals surface area contributed by atoms with Crippen molar-refractivity contribution >= 4 is 27.3 Å². The van der Waals surface area contributed by atoms with Gasteiger partial charge in [-0.2, -0.15) is 0 Å². The van der Waals surface area contributed by atoms with Crippen LogP contribution in [0, 0.1) is 6.92 Å². The predicted molar refractivity (Wildman–Crippen MR) is 50.8 cm³/mol. The fraction of sp³-hybridized carbons (Fsp3) is 0.429. The molecule has 1 rings (SSSR count). The third-order valence-corrected chi connectivity index (χ3v) is 4.01. The molecule has 0 aliphatic heterocycles. The quantitative estimate of drug-likeness (QED) is 0.822. The fourth-order valence-electron chi connectivity index (χ4n) is 0.783. The van der Waals surface area contributed by atoms with Gasteiger partial charge >= 0.3 is 0 Å². The van der Waals surface area contributed by atoms with Gasteiger partial charge in [-0.15, -0.1) is 11.3 Å². The Hall–Kier alpha value is 0.100. The number of hydrogen-bond acceptors (Lipinski definition) is 3. The number of rotatable bonds is 2. The van der Waals surface area contributed by atoms with Gasteiger partial charge in [0.15, 0.2) is 0 Å². The van der Waals surface area contributed by atoms with E-state index in [2.05, 4.69) is 15.9 Å². The molecule has 0 aromatic carbocycles.